The third-order valence-corrected chi connectivity index (χ3v) is 4.37. The molecule has 5 heteroatoms. The fourth-order valence-corrected chi connectivity index (χ4v) is 3.14. The van der Waals surface area contributed by atoms with Crippen molar-refractivity contribution in [3.8, 4) is 0 Å². The van der Waals surface area contributed by atoms with Gasteiger partial charge in [-0.15, -0.1) is 0 Å². The van der Waals surface area contributed by atoms with Crippen LogP contribution in [0, 0.1) is 6.92 Å². The highest BCUT2D eigenvalue weighted by Gasteiger charge is 2.24. The third-order valence-electron chi connectivity index (χ3n) is 4.37. The molecule has 0 aliphatic carbocycles. The Morgan fingerprint density at radius 2 is 1.91 bits per heavy atom. The molecule has 3 heterocycles. The molecule has 2 aromatic heterocycles. The van der Waals surface area contributed by atoms with E-state index in [-0.39, 0.29) is 0 Å². The van der Waals surface area contributed by atoms with Gasteiger partial charge in [-0.1, -0.05) is 6.07 Å². The van der Waals surface area contributed by atoms with Gasteiger partial charge in [-0.05, 0) is 43.5 Å². The van der Waals surface area contributed by atoms with Gasteiger partial charge in [0.2, 0.25) is 5.95 Å². The lowest BCUT2D eigenvalue weighted by Crippen LogP contribution is -2.34. The van der Waals surface area contributed by atoms with Crippen molar-refractivity contribution < 1.29 is 0 Å². The number of piperidine rings is 1. The summed E-state index contributed by atoms with van der Waals surface area (Å²) in [4.78, 5) is 19.2. The lowest BCUT2D eigenvalue weighted by atomic mass is 9.96. The Balaban J connectivity index is 1.50. The fraction of sp³-hybridized carbons (Fsp3) is 0.353. The zero-order chi connectivity index (χ0) is 14.9. The van der Waals surface area contributed by atoms with Crippen LogP contribution in [-0.4, -0.2) is 33.0 Å². The molecule has 22 heavy (non-hydrogen) atoms. The molecule has 1 aliphatic rings. The van der Waals surface area contributed by atoms with Crippen LogP contribution < -0.4 is 4.90 Å². The topological polar surface area (TPSA) is 57.7 Å². The van der Waals surface area contributed by atoms with Crippen molar-refractivity contribution in [2.24, 2.45) is 0 Å². The van der Waals surface area contributed by atoms with Crippen LogP contribution in [0.25, 0.3) is 11.0 Å². The minimum Gasteiger partial charge on any atom is -0.342 e. The van der Waals surface area contributed by atoms with Crippen LogP contribution in [0.5, 0.6) is 0 Å². The van der Waals surface area contributed by atoms with E-state index in [2.05, 4.69) is 45.0 Å². The summed E-state index contributed by atoms with van der Waals surface area (Å²) in [6.45, 7) is 4.06. The van der Waals surface area contributed by atoms with E-state index in [0.717, 1.165) is 48.7 Å². The van der Waals surface area contributed by atoms with Crippen LogP contribution in [0.4, 0.5) is 5.95 Å². The number of benzene rings is 1. The maximum absolute atomic E-state index is 4.77. The number of rotatable bonds is 2. The molecule has 0 spiro atoms. The second kappa shape index (κ2) is 5.40. The molecule has 0 saturated carbocycles. The van der Waals surface area contributed by atoms with E-state index in [0.29, 0.717) is 5.92 Å². The standard InChI is InChI=1S/C17H19N5/c1-12-3-4-14-15(11-12)21-16(20-14)13-5-9-22(10-6-13)17-18-7-2-8-19-17/h2-4,7-8,11,13H,5-6,9-10H2,1H3,(H,20,21). The molecule has 1 saturated heterocycles. The molecule has 0 atom stereocenters. The van der Waals surface area contributed by atoms with Crippen LogP contribution in [-0.2, 0) is 0 Å². The molecule has 1 N–H and O–H groups in total. The second-order valence-electron chi connectivity index (χ2n) is 5.95. The number of nitrogens with one attached hydrogen (secondary N) is 1. The van der Waals surface area contributed by atoms with E-state index in [1.165, 1.54) is 5.56 Å². The molecule has 0 amide bonds. The molecule has 1 fully saturated rings. The highest BCUT2D eigenvalue weighted by Crippen LogP contribution is 2.29. The molecule has 112 valence electrons. The second-order valence-corrected chi connectivity index (χ2v) is 5.95. The number of H-pyrrole nitrogens is 1. The highest BCUT2D eigenvalue weighted by atomic mass is 15.2. The van der Waals surface area contributed by atoms with Gasteiger partial charge in [0.05, 0.1) is 11.0 Å². The van der Waals surface area contributed by atoms with E-state index in [1.54, 1.807) is 12.4 Å². The zero-order valence-electron chi connectivity index (χ0n) is 12.7. The first-order valence-corrected chi connectivity index (χ1v) is 7.78. The first kappa shape index (κ1) is 13.2. The summed E-state index contributed by atoms with van der Waals surface area (Å²) in [6.07, 6.45) is 5.76. The summed E-state index contributed by atoms with van der Waals surface area (Å²) < 4.78 is 0. The summed E-state index contributed by atoms with van der Waals surface area (Å²) >= 11 is 0. The highest BCUT2D eigenvalue weighted by molar-refractivity contribution is 5.75. The van der Waals surface area contributed by atoms with Gasteiger partial charge in [0.25, 0.3) is 0 Å². The molecular formula is C17H19N5. The summed E-state index contributed by atoms with van der Waals surface area (Å²) in [5.74, 6) is 2.45. The number of aromatic amines is 1. The molecule has 1 aliphatic heterocycles. The maximum Gasteiger partial charge on any atom is 0.225 e. The summed E-state index contributed by atoms with van der Waals surface area (Å²) in [7, 11) is 0. The fourth-order valence-electron chi connectivity index (χ4n) is 3.14. The predicted octanol–water partition coefficient (Wildman–Crippen LogP) is 3.05. The lowest BCUT2D eigenvalue weighted by Gasteiger charge is -2.30. The van der Waals surface area contributed by atoms with Crippen molar-refractivity contribution in [2.45, 2.75) is 25.7 Å². The van der Waals surface area contributed by atoms with Crippen molar-refractivity contribution in [2.75, 3.05) is 18.0 Å². The number of aromatic nitrogens is 4. The molecule has 3 aromatic rings. The van der Waals surface area contributed by atoms with Gasteiger partial charge in [-0.25, -0.2) is 15.0 Å². The zero-order valence-corrected chi connectivity index (χ0v) is 12.7. The molecule has 4 rings (SSSR count). The van der Waals surface area contributed by atoms with Crippen LogP contribution in [0.2, 0.25) is 0 Å². The lowest BCUT2D eigenvalue weighted by molar-refractivity contribution is 0.484. The molecule has 0 unspecified atom stereocenters. The Labute approximate surface area is 129 Å². The molecule has 5 nitrogen and oxygen atoms in total. The van der Waals surface area contributed by atoms with Gasteiger partial charge in [0, 0.05) is 31.4 Å². The Kier molecular flexibility index (Phi) is 3.25. The predicted molar refractivity (Wildman–Crippen MR) is 87.1 cm³/mol. The van der Waals surface area contributed by atoms with Gasteiger partial charge in [-0.3, -0.25) is 0 Å². The van der Waals surface area contributed by atoms with Gasteiger partial charge in [0.1, 0.15) is 5.82 Å². The van der Waals surface area contributed by atoms with Crippen LogP contribution in [0.15, 0.2) is 36.7 Å². The van der Waals surface area contributed by atoms with Crippen molar-refractivity contribution in [3.05, 3.63) is 48.0 Å². The van der Waals surface area contributed by atoms with Crippen LogP contribution in [0.3, 0.4) is 0 Å². The largest absolute Gasteiger partial charge is 0.342 e. The minimum atomic E-state index is 0.493. The van der Waals surface area contributed by atoms with Gasteiger partial charge >= 0.3 is 0 Å². The Hall–Kier alpha value is -2.43. The Bertz CT molecular complexity index is 772. The first-order chi connectivity index (χ1) is 10.8. The van der Waals surface area contributed by atoms with Crippen molar-refractivity contribution in [3.63, 3.8) is 0 Å². The molecular weight excluding hydrogens is 274 g/mol. The van der Waals surface area contributed by atoms with E-state index in [1.807, 2.05) is 6.07 Å². The third kappa shape index (κ3) is 2.43. The number of fused-ring (bicyclic) bond motifs is 1. The number of imidazole rings is 1. The van der Waals surface area contributed by atoms with Crippen molar-refractivity contribution in [1.29, 1.82) is 0 Å². The minimum absolute atomic E-state index is 0.493. The average molecular weight is 293 g/mol. The smallest absolute Gasteiger partial charge is 0.225 e. The normalized spacial score (nSPS) is 16.3. The molecule has 0 radical (unpaired) electrons. The van der Waals surface area contributed by atoms with Gasteiger partial charge < -0.3 is 9.88 Å². The number of nitrogens with zero attached hydrogens (tertiary/aromatic N) is 4. The van der Waals surface area contributed by atoms with Crippen LogP contribution in [0.1, 0.15) is 30.1 Å². The monoisotopic (exact) mass is 293 g/mol. The van der Waals surface area contributed by atoms with E-state index in [9.17, 15) is 0 Å². The van der Waals surface area contributed by atoms with Gasteiger partial charge in [-0.2, -0.15) is 0 Å². The molecule has 0 bridgehead atoms. The SMILES string of the molecule is Cc1ccc2nc(C3CCN(c4ncccn4)CC3)[nH]c2c1. The van der Waals surface area contributed by atoms with Crippen molar-refractivity contribution >= 4 is 17.0 Å². The summed E-state index contributed by atoms with van der Waals surface area (Å²) in [5.41, 5.74) is 3.47. The number of hydrogen-bond acceptors (Lipinski definition) is 4. The Morgan fingerprint density at radius 1 is 1.14 bits per heavy atom. The van der Waals surface area contributed by atoms with E-state index >= 15 is 0 Å². The number of hydrogen-bond donors (Lipinski definition) is 1. The van der Waals surface area contributed by atoms with Crippen LogP contribution >= 0.6 is 0 Å². The summed E-state index contributed by atoms with van der Waals surface area (Å²) in [5, 5.41) is 0. The Morgan fingerprint density at radius 3 is 2.68 bits per heavy atom. The summed E-state index contributed by atoms with van der Waals surface area (Å²) in [6, 6.07) is 8.23. The number of aryl methyl sites for hydroxylation is 1. The maximum atomic E-state index is 4.77. The van der Waals surface area contributed by atoms with E-state index < -0.39 is 0 Å². The first-order valence-electron chi connectivity index (χ1n) is 7.78. The van der Waals surface area contributed by atoms with Gasteiger partial charge in [0.15, 0.2) is 0 Å². The quantitative estimate of drug-likeness (QED) is 0.789. The van der Waals surface area contributed by atoms with Crippen molar-refractivity contribution in [1.82, 2.24) is 19.9 Å². The number of anilines is 1. The average Bonchev–Trinajstić information content (AvgIpc) is 2.99. The molecule has 1 aromatic carbocycles. The van der Waals surface area contributed by atoms with E-state index in [4.69, 9.17) is 4.98 Å².